The predicted molar refractivity (Wildman–Crippen MR) is 103 cm³/mol. The van der Waals surface area contributed by atoms with Crippen molar-refractivity contribution in [3.8, 4) is 0 Å². The molecule has 0 aromatic carbocycles. The Balaban J connectivity index is 0.00000109. The van der Waals surface area contributed by atoms with Gasteiger partial charge in [0.05, 0.1) is 18.6 Å². The molecule has 0 spiro atoms. The molecule has 1 amide bonds. The third-order valence-electron chi connectivity index (χ3n) is 5.91. The van der Waals surface area contributed by atoms with Crippen LogP contribution in [0.25, 0.3) is 0 Å². The fraction of sp³-hybridized carbons (Fsp3) is 0.950. The van der Waals surface area contributed by atoms with Crippen molar-refractivity contribution in [2.24, 2.45) is 5.92 Å². The van der Waals surface area contributed by atoms with Crippen LogP contribution in [0, 0.1) is 5.92 Å². The van der Waals surface area contributed by atoms with Crippen molar-refractivity contribution in [3.05, 3.63) is 0 Å². The minimum Gasteiger partial charge on any atom is -0.382 e. The summed E-state index contributed by atoms with van der Waals surface area (Å²) in [5, 5.41) is 3.32. The van der Waals surface area contributed by atoms with Crippen LogP contribution < -0.4 is 5.32 Å². The zero-order valence-corrected chi connectivity index (χ0v) is 16.6. The second-order valence-corrected chi connectivity index (χ2v) is 7.47. The van der Waals surface area contributed by atoms with E-state index in [1.807, 2.05) is 13.8 Å². The number of amides is 1. The molecule has 1 saturated carbocycles. The maximum atomic E-state index is 12.8. The van der Waals surface area contributed by atoms with Crippen molar-refractivity contribution in [1.82, 2.24) is 15.1 Å². The highest BCUT2D eigenvalue weighted by Crippen LogP contribution is 2.25. The summed E-state index contributed by atoms with van der Waals surface area (Å²) in [6, 6.07) is 0.951. The van der Waals surface area contributed by atoms with Crippen LogP contribution in [-0.4, -0.2) is 74.2 Å². The number of rotatable bonds is 4. The van der Waals surface area contributed by atoms with Gasteiger partial charge in [-0.1, -0.05) is 39.5 Å². The maximum absolute atomic E-state index is 12.8. The lowest BCUT2D eigenvalue weighted by Crippen LogP contribution is -2.60. The maximum Gasteiger partial charge on any atom is 0.227 e. The summed E-state index contributed by atoms with van der Waals surface area (Å²) in [5.41, 5.74) is 0. The molecule has 2 saturated heterocycles. The lowest BCUT2D eigenvalue weighted by molar-refractivity contribution is -0.142. The lowest BCUT2D eigenvalue weighted by Gasteiger charge is -2.45. The summed E-state index contributed by atoms with van der Waals surface area (Å²) < 4.78 is 5.45. The third-order valence-corrected chi connectivity index (χ3v) is 5.91. The number of carbonyl (C=O) groups is 1. The molecule has 5 nitrogen and oxygen atoms in total. The number of piperazine rings is 1. The first kappa shape index (κ1) is 20.7. The van der Waals surface area contributed by atoms with E-state index in [1.54, 1.807) is 7.11 Å². The highest BCUT2D eigenvalue weighted by molar-refractivity contribution is 5.80. The van der Waals surface area contributed by atoms with Crippen LogP contribution in [-0.2, 0) is 9.53 Å². The van der Waals surface area contributed by atoms with Crippen molar-refractivity contribution in [2.75, 3.05) is 46.4 Å². The number of hydrogen-bond donors (Lipinski definition) is 1. The molecule has 2 heterocycles. The van der Waals surface area contributed by atoms with Gasteiger partial charge in [-0.25, -0.2) is 0 Å². The summed E-state index contributed by atoms with van der Waals surface area (Å²) in [4.78, 5) is 17.6. The first-order chi connectivity index (χ1) is 12.3. The van der Waals surface area contributed by atoms with Crippen LogP contribution in [0.5, 0.6) is 0 Å². The second-order valence-electron chi connectivity index (χ2n) is 7.47. The van der Waals surface area contributed by atoms with Crippen LogP contribution >= 0.6 is 0 Å². The Hall–Kier alpha value is -0.650. The molecule has 25 heavy (non-hydrogen) atoms. The third kappa shape index (κ3) is 5.66. The summed E-state index contributed by atoms with van der Waals surface area (Å²) in [6.07, 6.45) is 9.18. The molecule has 0 aromatic rings. The van der Waals surface area contributed by atoms with Gasteiger partial charge >= 0.3 is 0 Å². The molecule has 2 atom stereocenters. The molecular weight excluding hydrogens is 314 g/mol. The summed E-state index contributed by atoms with van der Waals surface area (Å²) in [6.45, 7) is 9.39. The molecule has 3 aliphatic rings. The largest absolute Gasteiger partial charge is 0.382 e. The highest BCUT2D eigenvalue weighted by Gasteiger charge is 2.36. The van der Waals surface area contributed by atoms with Crippen LogP contribution in [0.1, 0.15) is 58.8 Å². The standard InChI is InChI=1S/C18H33N3O2.C2H6/c1-23-14-17-13-20(16-6-4-2-3-5-7-16)10-11-21(17)18(22)15-8-9-19-12-15;1-2/h15-17,19H,2-14H2,1H3;1-2H3/t15-,17-;/m0./s1. The Bertz CT molecular complexity index is 377. The van der Waals surface area contributed by atoms with Gasteiger partial charge in [0, 0.05) is 39.3 Å². The van der Waals surface area contributed by atoms with Gasteiger partial charge < -0.3 is 15.0 Å². The number of nitrogens with one attached hydrogen (secondary N) is 1. The zero-order valence-electron chi connectivity index (χ0n) is 16.6. The van der Waals surface area contributed by atoms with Gasteiger partial charge in [0.2, 0.25) is 5.91 Å². The molecule has 3 fully saturated rings. The number of methoxy groups -OCH3 is 1. The van der Waals surface area contributed by atoms with E-state index in [2.05, 4.69) is 15.1 Å². The van der Waals surface area contributed by atoms with Crippen LogP contribution in [0.2, 0.25) is 0 Å². The van der Waals surface area contributed by atoms with Crippen molar-refractivity contribution >= 4 is 5.91 Å². The molecule has 1 N–H and O–H groups in total. The zero-order chi connectivity index (χ0) is 18.1. The summed E-state index contributed by atoms with van der Waals surface area (Å²) in [7, 11) is 1.75. The minimum absolute atomic E-state index is 0.179. The number of ether oxygens (including phenoxy) is 1. The quantitative estimate of drug-likeness (QED) is 0.789. The van der Waals surface area contributed by atoms with Crippen molar-refractivity contribution in [1.29, 1.82) is 0 Å². The Morgan fingerprint density at radius 1 is 1.08 bits per heavy atom. The molecule has 1 aliphatic carbocycles. The summed E-state index contributed by atoms with van der Waals surface area (Å²) in [5.74, 6) is 0.524. The Morgan fingerprint density at radius 2 is 1.80 bits per heavy atom. The normalized spacial score (nSPS) is 29.0. The van der Waals surface area contributed by atoms with E-state index in [-0.39, 0.29) is 12.0 Å². The highest BCUT2D eigenvalue weighted by atomic mass is 16.5. The number of hydrogen-bond acceptors (Lipinski definition) is 4. The van der Waals surface area contributed by atoms with E-state index in [0.29, 0.717) is 12.5 Å². The van der Waals surface area contributed by atoms with Gasteiger partial charge in [-0.05, 0) is 25.8 Å². The first-order valence-corrected chi connectivity index (χ1v) is 10.5. The molecule has 146 valence electrons. The van der Waals surface area contributed by atoms with Crippen molar-refractivity contribution in [3.63, 3.8) is 0 Å². The second kappa shape index (κ2) is 11.1. The fourth-order valence-corrected chi connectivity index (χ4v) is 4.56. The van der Waals surface area contributed by atoms with Gasteiger partial charge in [0.1, 0.15) is 0 Å². The van der Waals surface area contributed by atoms with Gasteiger partial charge in [0.15, 0.2) is 0 Å². The monoisotopic (exact) mass is 353 g/mol. The number of carbonyl (C=O) groups excluding carboxylic acids is 1. The Morgan fingerprint density at radius 3 is 2.40 bits per heavy atom. The molecule has 0 radical (unpaired) electrons. The molecule has 0 unspecified atom stereocenters. The SMILES string of the molecule is CC.COC[C@@H]1CN(C2CCCCCC2)CCN1C(=O)[C@H]1CCNC1. The molecule has 3 rings (SSSR count). The minimum atomic E-state index is 0.179. The van der Waals surface area contributed by atoms with Crippen molar-refractivity contribution in [2.45, 2.75) is 70.9 Å². The van der Waals surface area contributed by atoms with Crippen LogP contribution in [0.15, 0.2) is 0 Å². The van der Waals surface area contributed by atoms with Gasteiger partial charge in [-0.2, -0.15) is 0 Å². The van der Waals surface area contributed by atoms with E-state index >= 15 is 0 Å². The van der Waals surface area contributed by atoms with E-state index in [4.69, 9.17) is 4.74 Å². The van der Waals surface area contributed by atoms with Crippen LogP contribution in [0.4, 0.5) is 0 Å². The molecule has 5 heteroatoms. The topological polar surface area (TPSA) is 44.8 Å². The van der Waals surface area contributed by atoms with Crippen LogP contribution in [0.3, 0.4) is 0 Å². The first-order valence-electron chi connectivity index (χ1n) is 10.5. The van der Waals surface area contributed by atoms with Gasteiger partial charge in [-0.15, -0.1) is 0 Å². The average molecular weight is 354 g/mol. The summed E-state index contributed by atoms with van der Waals surface area (Å²) >= 11 is 0. The van der Waals surface area contributed by atoms with Gasteiger partial charge in [0.25, 0.3) is 0 Å². The van der Waals surface area contributed by atoms with E-state index in [0.717, 1.165) is 45.2 Å². The van der Waals surface area contributed by atoms with E-state index in [9.17, 15) is 4.79 Å². The Kier molecular flexibility index (Phi) is 9.21. The molecular formula is C20H39N3O2. The number of nitrogens with zero attached hydrogens (tertiary/aromatic N) is 2. The van der Waals surface area contributed by atoms with E-state index in [1.165, 1.54) is 38.5 Å². The van der Waals surface area contributed by atoms with Gasteiger partial charge in [-0.3, -0.25) is 9.69 Å². The molecule has 0 aromatic heterocycles. The van der Waals surface area contributed by atoms with Crippen molar-refractivity contribution < 1.29 is 9.53 Å². The average Bonchev–Trinajstić information content (AvgIpc) is 3.06. The molecule has 2 aliphatic heterocycles. The fourth-order valence-electron chi connectivity index (χ4n) is 4.56. The lowest BCUT2D eigenvalue weighted by atomic mass is 10.0. The predicted octanol–water partition coefficient (Wildman–Crippen LogP) is 2.50. The Labute approximate surface area is 154 Å². The smallest absolute Gasteiger partial charge is 0.227 e. The van der Waals surface area contributed by atoms with E-state index < -0.39 is 0 Å². The molecule has 0 bridgehead atoms.